The molecule has 0 bridgehead atoms. The van der Waals surface area contributed by atoms with Crippen LogP contribution in [0.5, 0.6) is 5.75 Å². The summed E-state index contributed by atoms with van der Waals surface area (Å²) in [5.41, 5.74) is 1.50. The predicted molar refractivity (Wildman–Crippen MR) is 88.9 cm³/mol. The molecule has 0 fully saturated rings. The highest BCUT2D eigenvalue weighted by atomic mass is 16.5. The van der Waals surface area contributed by atoms with Crippen LogP contribution in [0, 0.1) is 11.3 Å². The highest BCUT2D eigenvalue weighted by molar-refractivity contribution is 5.95. The lowest BCUT2D eigenvalue weighted by atomic mass is 10.2. The number of rotatable bonds is 7. The second kappa shape index (κ2) is 8.04. The van der Waals surface area contributed by atoms with Crippen LogP contribution in [-0.4, -0.2) is 24.1 Å². The lowest BCUT2D eigenvalue weighted by Gasteiger charge is -2.11. The Balaban J connectivity index is 2.29. The van der Waals surface area contributed by atoms with Gasteiger partial charge in [-0.3, -0.25) is 4.79 Å². The lowest BCUT2D eigenvalue weighted by molar-refractivity contribution is 0.0946. The number of hydrogen-bond acceptors (Lipinski definition) is 3. The molecule has 5 heteroatoms. The number of nitriles is 1. The van der Waals surface area contributed by atoms with Crippen molar-refractivity contribution in [3.8, 4) is 17.5 Å². The number of methoxy groups -OCH3 is 1. The van der Waals surface area contributed by atoms with Crippen molar-refractivity contribution < 1.29 is 9.53 Å². The first-order valence-corrected chi connectivity index (χ1v) is 7.75. The van der Waals surface area contributed by atoms with E-state index >= 15 is 0 Å². The highest BCUT2D eigenvalue weighted by Gasteiger charge is 2.18. The molecule has 1 aromatic heterocycles. The SMILES string of the molecule is CCCCCNC(=O)c1c(C#N)ccn1-c1cccc(OC)c1. The molecular weight excluding hydrogens is 290 g/mol. The number of benzene rings is 1. The Labute approximate surface area is 136 Å². The topological polar surface area (TPSA) is 67.0 Å². The van der Waals surface area contributed by atoms with Crippen LogP contribution in [0.1, 0.15) is 42.2 Å². The summed E-state index contributed by atoms with van der Waals surface area (Å²) >= 11 is 0. The normalized spacial score (nSPS) is 10.1. The molecule has 0 saturated heterocycles. The molecule has 0 unspecified atom stereocenters. The molecule has 1 amide bonds. The van der Waals surface area contributed by atoms with Crippen LogP contribution < -0.4 is 10.1 Å². The Morgan fingerprint density at radius 2 is 2.17 bits per heavy atom. The molecule has 2 aromatic rings. The Bertz CT molecular complexity index is 713. The first-order chi connectivity index (χ1) is 11.2. The Morgan fingerprint density at radius 3 is 2.87 bits per heavy atom. The summed E-state index contributed by atoms with van der Waals surface area (Å²) in [6.45, 7) is 2.73. The number of hydrogen-bond donors (Lipinski definition) is 1. The fraction of sp³-hybridized carbons (Fsp3) is 0.333. The Morgan fingerprint density at radius 1 is 1.35 bits per heavy atom. The standard InChI is InChI=1S/C18H21N3O2/c1-3-4-5-10-20-18(22)17-14(13-19)9-11-21(17)15-7-6-8-16(12-15)23-2/h6-9,11-12H,3-5,10H2,1-2H3,(H,20,22). The maximum Gasteiger partial charge on any atom is 0.269 e. The van der Waals surface area contributed by atoms with Crippen molar-refractivity contribution >= 4 is 5.91 Å². The molecule has 2 rings (SSSR count). The summed E-state index contributed by atoms with van der Waals surface area (Å²) in [5.74, 6) is 0.467. The maximum absolute atomic E-state index is 12.5. The van der Waals surface area contributed by atoms with E-state index in [0.717, 1.165) is 24.9 Å². The average molecular weight is 311 g/mol. The quantitative estimate of drug-likeness (QED) is 0.798. The van der Waals surface area contributed by atoms with Crippen molar-refractivity contribution in [2.24, 2.45) is 0 Å². The summed E-state index contributed by atoms with van der Waals surface area (Å²) < 4.78 is 6.94. The van der Waals surface area contributed by atoms with E-state index in [9.17, 15) is 10.1 Å². The molecule has 0 aliphatic carbocycles. The minimum Gasteiger partial charge on any atom is -0.497 e. The van der Waals surface area contributed by atoms with Crippen LogP contribution in [0.15, 0.2) is 36.5 Å². The van der Waals surface area contributed by atoms with E-state index in [1.54, 1.807) is 23.9 Å². The molecule has 5 nitrogen and oxygen atoms in total. The molecule has 1 aromatic carbocycles. The van der Waals surface area contributed by atoms with Crippen LogP contribution in [0.3, 0.4) is 0 Å². The van der Waals surface area contributed by atoms with Gasteiger partial charge in [0.2, 0.25) is 0 Å². The van der Waals surface area contributed by atoms with Gasteiger partial charge in [-0.15, -0.1) is 0 Å². The van der Waals surface area contributed by atoms with Crippen LogP contribution in [-0.2, 0) is 0 Å². The zero-order chi connectivity index (χ0) is 16.7. The first-order valence-electron chi connectivity index (χ1n) is 7.75. The number of ether oxygens (including phenoxy) is 1. The van der Waals surface area contributed by atoms with Gasteiger partial charge in [0.1, 0.15) is 17.5 Å². The van der Waals surface area contributed by atoms with E-state index in [1.165, 1.54) is 0 Å². The highest BCUT2D eigenvalue weighted by Crippen LogP contribution is 2.21. The van der Waals surface area contributed by atoms with Gasteiger partial charge < -0.3 is 14.6 Å². The maximum atomic E-state index is 12.5. The zero-order valence-corrected chi connectivity index (χ0v) is 13.5. The van der Waals surface area contributed by atoms with Crippen molar-refractivity contribution in [1.29, 1.82) is 5.26 Å². The van der Waals surface area contributed by atoms with Crippen molar-refractivity contribution in [3.05, 3.63) is 47.8 Å². The Hall–Kier alpha value is -2.74. The first kappa shape index (κ1) is 16.6. The minimum absolute atomic E-state index is 0.231. The largest absolute Gasteiger partial charge is 0.497 e. The fourth-order valence-corrected chi connectivity index (χ4v) is 2.39. The van der Waals surface area contributed by atoms with Crippen LogP contribution >= 0.6 is 0 Å². The lowest BCUT2D eigenvalue weighted by Crippen LogP contribution is -2.27. The van der Waals surface area contributed by atoms with Crippen molar-refractivity contribution in [1.82, 2.24) is 9.88 Å². The van der Waals surface area contributed by atoms with Gasteiger partial charge in [0.15, 0.2) is 0 Å². The number of carbonyl (C=O) groups is 1. The van der Waals surface area contributed by atoms with Gasteiger partial charge in [0.05, 0.1) is 12.7 Å². The predicted octanol–water partition coefficient (Wildman–Crippen LogP) is 3.28. The third-order valence-electron chi connectivity index (χ3n) is 3.62. The minimum atomic E-state index is -0.231. The summed E-state index contributed by atoms with van der Waals surface area (Å²) in [5, 5.41) is 12.2. The molecule has 0 aliphatic heterocycles. The average Bonchev–Trinajstić information content (AvgIpc) is 3.02. The van der Waals surface area contributed by atoms with Crippen LogP contribution in [0.4, 0.5) is 0 Å². The van der Waals surface area contributed by atoms with Crippen LogP contribution in [0.2, 0.25) is 0 Å². The van der Waals surface area contributed by atoms with E-state index in [2.05, 4.69) is 18.3 Å². The molecule has 120 valence electrons. The van der Waals surface area contributed by atoms with E-state index in [-0.39, 0.29) is 5.91 Å². The molecule has 1 N–H and O–H groups in total. The van der Waals surface area contributed by atoms with E-state index in [1.807, 2.05) is 24.3 Å². The summed E-state index contributed by atoms with van der Waals surface area (Å²) in [6, 6.07) is 11.1. The third-order valence-corrected chi connectivity index (χ3v) is 3.62. The van der Waals surface area contributed by atoms with Gasteiger partial charge in [-0.1, -0.05) is 25.8 Å². The van der Waals surface area contributed by atoms with E-state index < -0.39 is 0 Å². The Kier molecular flexibility index (Phi) is 5.81. The third kappa shape index (κ3) is 3.92. The van der Waals surface area contributed by atoms with Crippen molar-refractivity contribution in [2.45, 2.75) is 26.2 Å². The molecule has 0 saturated carbocycles. The molecule has 1 heterocycles. The number of amides is 1. The van der Waals surface area contributed by atoms with Crippen molar-refractivity contribution in [3.63, 3.8) is 0 Å². The summed E-state index contributed by atoms with van der Waals surface area (Å²) in [4.78, 5) is 12.5. The molecule has 0 atom stereocenters. The van der Waals surface area contributed by atoms with Crippen LogP contribution in [0.25, 0.3) is 5.69 Å². The van der Waals surface area contributed by atoms with E-state index in [4.69, 9.17) is 4.74 Å². The molecule has 0 spiro atoms. The van der Waals surface area contributed by atoms with Gasteiger partial charge >= 0.3 is 0 Å². The summed E-state index contributed by atoms with van der Waals surface area (Å²) in [7, 11) is 1.59. The smallest absolute Gasteiger partial charge is 0.269 e. The second-order valence-corrected chi connectivity index (χ2v) is 5.22. The number of carbonyl (C=O) groups excluding carboxylic acids is 1. The number of nitrogens with zero attached hydrogens (tertiary/aromatic N) is 2. The van der Waals surface area contributed by atoms with Gasteiger partial charge in [0.25, 0.3) is 5.91 Å². The number of nitrogens with one attached hydrogen (secondary N) is 1. The van der Waals surface area contributed by atoms with Gasteiger partial charge in [0, 0.05) is 24.5 Å². The molecule has 0 radical (unpaired) electrons. The molecule has 23 heavy (non-hydrogen) atoms. The molecule has 0 aliphatic rings. The van der Waals surface area contributed by atoms with Gasteiger partial charge in [-0.2, -0.15) is 5.26 Å². The van der Waals surface area contributed by atoms with Gasteiger partial charge in [-0.05, 0) is 24.6 Å². The molecular formula is C18H21N3O2. The van der Waals surface area contributed by atoms with E-state index in [0.29, 0.717) is 23.6 Å². The number of aromatic nitrogens is 1. The summed E-state index contributed by atoms with van der Waals surface area (Å²) in [6.07, 6.45) is 4.83. The number of unbranched alkanes of at least 4 members (excludes halogenated alkanes) is 2. The second-order valence-electron chi connectivity index (χ2n) is 5.22. The van der Waals surface area contributed by atoms with Crippen molar-refractivity contribution in [2.75, 3.05) is 13.7 Å². The zero-order valence-electron chi connectivity index (χ0n) is 13.5. The monoisotopic (exact) mass is 311 g/mol. The fourth-order valence-electron chi connectivity index (χ4n) is 2.39. The van der Waals surface area contributed by atoms with Gasteiger partial charge in [-0.25, -0.2) is 0 Å².